The van der Waals surface area contributed by atoms with Crippen molar-refractivity contribution >= 4 is 0 Å². The third-order valence-electron chi connectivity index (χ3n) is 3.58. The van der Waals surface area contributed by atoms with E-state index < -0.39 is 0 Å². The molecule has 1 heterocycles. The van der Waals surface area contributed by atoms with Gasteiger partial charge in [0.15, 0.2) is 5.89 Å². The number of nitrogens with zero attached hydrogens (tertiary/aromatic N) is 1. The van der Waals surface area contributed by atoms with Gasteiger partial charge in [-0.25, -0.2) is 4.98 Å². The molecule has 0 unspecified atom stereocenters. The van der Waals surface area contributed by atoms with E-state index in [-0.39, 0.29) is 5.41 Å². The fourth-order valence-electron chi connectivity index (χ4n) is 2.37. The molecule has 16 heavy (non-hydrogen) atoms. The van der Waals surface area contributed by atoms with Crippen LogP contribution in [0.5, 0.6) is 0 Å². The van der Waals surface area contributed by atoms with Crippen LogP contribution in [0.15, 0.2) is 10.6 Å². The first kappa shape index (κ1) is 11.7. The summed E-state index contributed by atoms with van der Waals surface area (Å²) in [6.45, 7) is 8.78. The predicted octanol–water partition coefficient (Wildman–Crippen LogP) is 4.27. The summed E-state index contributed by atoms with van der Waals surface area (Å²) in [5.41, 5.74) is 0.0280. The van der Waals surface area contributed by atoms with Gasteiger partial charge in [-0.2, -0.15) is 0 Å². The summed E-state index contributed by atoms with van der Waals surface area (Å²) in [7, 11) is 0. The Morgan fingerprint density at radius 2 is 1.81 bits per heavy atom. The molecule has 2 heteroatoms. The van der Waals surface area contributed by atoms with Crippen molar-refractivity contribution in [2.75, 3.05) is 0 Å². The van der Waals surface area contributed by atoms with Gasteiger partial charge in [0.1, 0.15) is 5.76 Å². The van der Waals surface area contributed by atoms with Crippen molar-refractivity contribution < 1.29 is 4.42 Å². The van der Waals surface area contributed by atoms with Crippen molar-refractivity contribution in [1.29, 1.82) is 0 Å². The average molecular weight is 221 g/mol. The molecule has 0 radical (unpaired) electrons. The Kier molecular flexibility index (Phi) is 3.09. The summed E-state index contributed by atoms with van der Waals surface area (Å²) in [5.74, 6) is 3.49. The molecule has 2 nitrogen and oxygen atoms in total. The molecule has 1 aliphatic carbocycles. The van der Waals surface area contributed by atoms with Gasteiger partial charge in [-0.1, -0.05) is 40.5 Å². The quantitative estimate of drug-likeness (QED) is 0.708. The molecule has 2 rings (SSSR count). The fourth-order valence-corrected chi connectivity index (χ4v) is 2.37. The van der Waals surface area contributed by atoms with Crippen LogP contribution in [-0.2, 0) is 5.41 Å². The van der Waals surface area contributed by atoms with Crippen LogP contribution in [0.25, 0.3) is 0 Å². The van der Waals surface area contributed by atoms with Crippen molar-refractivity contribution in [3.8, 4) is 0 Å². The maximum Gasteiger partial charge on any atom is 0.199 e. The van der Waals surface area contributed by atoms with Crippen LogP contribution in [0, 0.1) is 5.92 Å². The van der Waals surface area contributed by atoms with Crippen LogP contribution in [-0.4, -0.2) is 4.98 Å². The minimum atomic E-state index is 0.0280. The third kappa shape index (κ3) is 2.47. The number of oxazole rings is 1. The standard InChI is InChI=1S/C14H23NO/c1-10-5-7-11(8-6-10)12-9-15-13(16-12)14(2,3)4/h9-11H,5-8H2,1-4H3. The molecule has 0 atom stereocenters. The lowest BCUT2D eigenvalue weighted by molar-refractivity contribution is 0.295. The Morgan fingerprint density at radius 1 is 1.19 bits per heavy atom. The van der Waals surface area contributed by atoms with E-state index in [0.29, 0.717) is 5.92 Å². The molecule has 1 aromatic rings. The molecule has 1 aromatic heterocycles. The highest BCUT2D eigenvalue weighted by Crippen LogP contribution is 2.36. The van der Waals surface area contributed by atoms with Gasteiger partial charge in [-0.05, 0) is 18.8 Å². The molecule has 0 N–H and O–H groups in total. The first-order chi connectivity index (χ1) is 7.47. The Balaban J connectivity index is 2.08. The number of hydrogen-bond acceptors (Lipinski definition) is 2. The molecule has 0 aliphatic heterocycles. The van der Waals surface area contributed by atoms with Crippen molar-refractivity contribution in [3.63, 3.8) is 0 Å². The second-order valence-corrected chi connectivity index (χ2v) is 6.27. The van der Waals surface area contributed by atoms with Crippen LogP contribution >= 0.6 is 0 Å². The Bertz CT molecular complexity index is 340. The molecule has 1 saturated carbocycles. The number of hydrogen-bond donors (Lipinski definition) is 0. The van der Waals surface area contributed by atoms with E-state index in [0.717, 1.165) is 17.6 Å². The van der Waals surface area contributed by atoms with Crippen molar-refractivity contribution in [2.45, 2.75) is 64.7 Å². The highest BCUT2D eigenvalue weighted by molar-refractivity contribution is 5.07. The zero-order valence-corrected chi connectivity index (χ0v) is 10.9. The number of rotatable bonds is 1. The molecule has 0 bridgehead atoms. The van der Waals surface area contributed by atoms with E-state index in [2.05, 4.69) is 32.7 Å². The minimum Gasteiger partial charge on any atom is -0.445 e. The normalized spacial score (nSPS) is 27.0. The summed E-state index contributed by atoms with van der Waals surface area (Å²) < 4.78 is 5.91. The summed E-state index contributed by atoms with van der Waals surface area (Å²) in [6, 6.07) is 0. The van der Waals surface area contributed by atoms with Gasteiger partial charge in [0.2, 0.25) is 0 Å². The summed E-state index contributed by atoms with van der Waals surface area (Å²) in [4.78, 5) is 4.42. The van der Waals surface area contributed by atoms with E-state index in [1.807, 2.05) is 6.20 Å². The second kappa shape index (κ2) is 4.23. The summed E-state index contributed by atoms with van der Waals surface area (Å²) in [5, 5.41) is 0. The molecule has 1 fully saturated rings. The van der Waals surface area contributed by atoms with Gasteiger partial charge in [-0.3, -0.25) is 0 Å². The molecule has 0 spiro atoms. The number of aromatic nitrogens is 1. The predicted molar refractivity (Wildman–Crippen MR) is 65.6 cm³/mol. The molecule has 0 aromatic carbocycles. The second-order valence-electron chi connectivity index (χ2n) is 6.27. The van der Waals surface area contributed by atoms with Crippen LogP contribution in [0.3, 0.4) is 0 Å². The van der Waals surface area contributed by atoms with Crippen LogP contribution < -0.4 is 0 Å². The van der Waals surface area contributed by atoms with E-state index in [9.17, 15) is 0 Å². The van der Waals surface area contributed by atoms with Crippen molar-refractivity contribution in [1.82, 2.24) is 4.98 Å². The molecular formula is C14H23NO. The fraction of sp³-hybridized carbons (Fsp3) is 0.786. The smallest absolute Gasteiger partial charge is 0.199 e. The monoisotopic (exact) mass is 221 g/mol. The Morgan fingerprint density at radius 3 is 2.31 bits per heavy atom. The van der Waals surface area contributed by atoms with Gasteiger partial charge in [0.25, 0.3) is 0 Å². The highest BCUT2D eigenvalue weighted by atomic mass is 16.4. The molecule has 1 aliphatic rings. The first-order valence-electron chi connectivity index (χ1n) is 6.43. The molecular weight excluding hydrogens is 198 g/mol. The van der Waals surface area contributed by atoms with Gasteiger partial charge < -0.3 is 4.42 Å². The molecule has 0 amide bonds. The van der Waals surface area contributed by atoms with Gasteiger partial charge in [0.05, 0.1) is 6.20 Å². The van der Waals surface area contributed by atoms with Crippen LogP contribution in [0.1, 0.15) is 70.9 Å². The van der Waals surface area contributed by atoms with Crippen molar-refractivity contribution in [3.05, 3.63) is 17.8 Å². The minimum absolute atomic E-state index is 0.0280. The van der Waals surface area contributed by atoms with Crippen LogP contribution in [0.4, 0.5) is 0 Å². The van der Waals surface area contributed by atoms with Crippen molar-refractivity contribution in [2.24, 2.45) is 5.92 Å². The topological polar surface area (TPSA) is 26.0 Å². The maximum absolute atomic E-state index is 5.91. The lowest BCUT2D eigenvalue weighted by Crippen LogP contribution is -2.12. The van der Waals surface area contributed by atoms with E-state index in [1.54, 1.807) is 0 Å². The highest BCUT2D eigenvalue weighted by Gasteiger charge is 2.25. The SMILES string of the molecule is CC1CCC(c2cnc(C(C)(C)C)o2)CC1. The van der Waals surface area contributed by atoms with Gasteiger partial charge in [0, 0.05) is 11.3 Å². The lowest BCUT2D eigenvalue weighted by atomic mass is 9.82. The van der Waals surface area contributed by atoms with Gasteiger partial charge >= 0.3 is 0 Å². The third-order valence-corrected chi connectivity index (χ3v) is 3.58. The largest absolute Gasteiger partial charge is 0.445 e. The summed E-state index contributed by atoms with van der Waals surface area (Å²) in [6.07, 6.45) is 7.13. The zero-order chi connectivity index (χ0) is 11.8. The summed E-state index contributed by atoms with van der Waals surface area (Å²) >= 11 is 0. The maximum atomic E-state index is 5.91. The van der Waals surface area contributed by atoms with Gasteiger partial charge in [-0.15, -0.1) is 0 Å². The molecule has 0 saturated heterocycles. The molecule has 90 valence electrons. The lowest BCUT2D eigenvalue weighted by Gasteiger charge is -2.24. The Labute approximate surface area is 98.5 Å². The first-order valence-corrected chi connectivity index (χ1v) is 6.43. The van der Waals surface area contributed by atoms with E-state index in [1.165, 1.54) is 25.7 Å². The zero-order valence-electron chi connectivity index (χ0n) is 10.9. The van der Waals surface area contributed by atoms with E-state index >= 15 is 0 Å². The van der Waals surface area contributed by atoms with E-state index in [4.69, 9.17) is 4.42 Å². The Hall–Kier alpha value is -0.790. The van der Waals surface area contributed by atoms with Crippen LogP contribution in [0.2, 0.25) is 0 Å². The average Bonchev–Trinajstić information content (AvgIpc) is 2.67.